The van der Waals surface area contributed by atoms with Crippen molar-refractivity contribution >= 4 is 23.6 Å². The van der Waals surface area contributed by atoms with Gasteiger partial charge < -0.3 is 14.2 Å². The first kappa shape index (κ1) is 18.5. The lowest BCUT2D eigenvalue weighted by molar-refractivity contribution is -0.139. The molecule has 0 aliphatic carbocycles. The van der Waals surface area contributed by atoms with E-state index in [1.807, 2.05) is 12.1 Å². The van der Waals surface area contributed by atoms with Crippen LogP contribution in [0.1, 0.15) is 5.56 Å². The second-order valence-corrected chi connectivity index (χ2v) is 5.72. The van der Waals surface area contributed by atoms with Crippen LogP contribution in [0.25, 0.3) is 11.8 Å². The first-order valence-electron chi connectivity index (χ1n) is 7.89. The Morgan fingerprint density at radius 1 is 1.11 bits per heavy atom. The summed E-state index contributed by atoms with van der Waals surface area (Å²) in [6.45, 7) is 0. The van der Waals surface area contributed by atoms with Crippen molar-refractivity contribution in [3.63, 3.8) is 0 Å². The molecule has 0 spiro atoms. The van der Waals surface area contributed by atoms with E-state index in [0.29, 0.717) is 16.5 Å². The van der Waals surface area contributed by atoms with Gasteiger partial charge in [0.2, 0.25) is 17.5 Å². The second-order valence-electron chi connectivity index (χ2n) is 5.28. The molecule has 0 saturated carbocycles. The van der Waals surface area contributed by atoms with Crippen LogP contribution >= 0.6 is 11.6 Å². The molecule has 0 aliphatic heterocycles. The number of halogens is 1. The molecular weight excluding hydrogens is 370 g/mol. The van der Waals surface area contributed by atoms with Crippen LogP contribution in [-0.2, 0) is 14.3 Å². The van der Waals surface area contributed by atoms with Crippen LogP contribution in [0, 0.1) is 0 Å². The van der Waals surface area contributed by atoms with Crippen LogP contribution in [-0.4, -0.2) is 35.0 Å². The van der Waals surface area contributed by atoms with Crippen molar-refractivity contribution in [2.45, 2.75) is 0 Å². The summed E-state index contributed by atoms with van der Waals surface area (Å²) in [6.07, 6.45) is 4.82. The number of carbonyl (C=O) groups excluding carboxylic acids is 1. The summed E-state index contributed by atoms with van der Waals surface area (Å²) < 4.78 is 17.2. The minimum absolute atomic E-state index is 0.0297. The Labute approximate surface area is 160 Å². The Morgan fingerprint density at radius 3 is 2.59 bits per heavy atom. The number of nitrogens with zero attached hydrogens (tertiary/aromatic N) is 3. The van der Waals surface area contributed by atoms with Gasteiger partial charge in [-0.05, 0) is 36.4 Å². The molecule has 2 heterocycles. The molecule has 0 atom stereocenters. The van der Waals surface area contributed by atoms with Gasteiger partial charge in [-0.1, -0.05) is 11.6 Å². The zero-order valence-electron chi connectivity index (χ0n) is 14.6. The highest BCUT2D eigenvalue weighted by Crippen LogP contribution is 2.24. The van der Waals surface area contributed by atoms with Gasteiger partial charge >= 0.3 is 5.97 Å². The summed E-state index contributed by atoms with van der Waals surface area (Å²) in [5.41, 5.74) is 1.38. The van der Waals surface area contributed by atoms with Gasteiger partial charge in [-0.15, -0.1) is 5.10 Å². The molecule has 8 heteroatoms. The predicted molar refractivity (Wildman–Crippen MR) is 99.9 cm³/mol. The molecule has 0 N–H and O–H groups in total. The van der Waals surface area contributed by atoms with Gasteiger partial charge in [0, 0.05) is 35.1 Å². The fraction of sp³-hybridized carbons (Fsp3) is 0.105. The maximum Gasteiger partial charge on any atom is 0.373 e. The normalized spacial score (nSPS) is 11.1. The van der Waals surface area contributed by atoms with Gasteiger partial charge in [-0.25, -0.2) is 14.5 Å². The molecule has 0 fully saturated rings. The van der Waals surface area contributed by atoms with Crippen LogP contribution in [0.4, 0.5) is 0 Å². The lowest BCUT2D eigenvalue weighted by Gasteiger charge is -2.07. The first-order chi connectivity index (χ1) is 13.1. The lowest BCUT2D eigenvalue weighted by Crippen LogP contribution is -2.06. The van der Waals surface area contributed by atoms with E-state index in [9.17, 15) is 4.79 Å². The third-order valence-electron chi connectivity index (χ3n) is 3.55. The number of esters is 1. The third-order valence-corrected chi connectivity index (χ3v) is 3.80. The SMILES string of the molecule is COC(=O)C(=Cc1cccnc1Oc1ccn(-c2ccc(Cl)cc2)n1)OC. The average Bonchev–Trinajstić information content (AvgIpc) is 3.15. The molecule has 0 saturated heterocycles. The van der Waals surface area contributed by atoms with E-state index in [1.165, 1.54) is 20.3 Å². The van der Waals surface area contributed by atoms with Crippen LogP contribution in [0.2, 0.25) is 5.02 Å². The van der Waals surface area contributed by atoms with Crippen molar-refractivity contribution in [3.8, 4) is 17.4 Å². The molecule has 7 nitrogen and oxygen atoms in total. The summed E-state index contributed by atoms with van der Waals surface area (Å²) in [5, 5.41) is 5.01. The van der Waals surface area contributed by atoms with Crippen molar-refractivity contribution in [3.05, 3.63) is 71.2 Å². The molecule has 0 unspecified atom stereocenters. The number of benzene rings is 1. The van der Waals surface area contributed by atoms with Crippen molar-refractivity contribution in [2.75, 3.05) is 14.2 Å². The Morgan fingerprint density at radius 2 is 1.89 bits per heavy atom. The van der Waals surface area contributed by atoms with Crippen molar-refractivity contribution in [2.24, 2.45) is 0 Å². The number of ether oxygens (including phenoxy) is 3. The van der Waals surface area contributed by atoms with Crippen LogP contribution in [0.5, 0.6) is 11.8 Å². The molecule has 0 bridgehead atoms. The molecule has 0 radical (unpaired) electrons. The zero-order valence-corrected chi connectivity index (χ0v) is 15.4. The summed E-state index contributed by atoms with van der Waals surface area (Å²) in [5.74, 6) is 0.0500. The number of methoxy groups -OCH3 is 2. The number of hydrogen-bond acceptors (Lipinski definition) is 6. The van der Waals surface area contributed by atoms with E-state index < -0.39 is 5.97 Å². The Bertz CT molecular complexity index is 967. The molecule has 3 aromatic rings. The minimum atomic E-state index is -0.598. The Kier molecular flexibility index (Phi) is 5.73. The van der Waals surface area contributed by atoms with Gasteiger partial charge in [0.1, 0.15) is 0 Å². The van der Waals surface area contributed by atoms with E-state index >= 15 is 0 Å². The summed E-state index contributed by atoms with van der Waals surface area (Å²) in [7, 11) is 2.66. The molecule has 0 amide bonds. The van der Waals surface area contributed by atoms with Crippen molar-refractivity contribution < 1.29 is 19.0 Å². The number of rotatable bonds is 6. The van der Waals surface area contributed by atoms with Crippen molar-refractivity contribution in [1.82, 2.24) is 14.8 Å². The number of aromatic nitrogens is 3. The molecule has 138 valence electrons. The molecule has 27 heavy (non-hydrogen) atoms. The maximum absolute atomic E-state index is 11.7. The van der Waals surface area contributed by atoms with Gasteiger partial charge in [-0.3, -0.25) is 0 Å². The molecule has 0 aliphatic rings. The average molecular weight is 386 g/mol. The Hall–Kier alpha value is -3.32. The highest BCUT2D eigenvalue weighted by molar-refractivity contribution is 6.30. The lowest BCUT2D eigenvalue weighted by atomic mass is 10.2. The molecule has 2 aromatic heterocycles. The predicted octanol–water partition coefficient (Wildman–Crippen LogP) is 3.87. The number of pyridine rings is 1. The number of hydrogen-bond donors (Lipinski definition) is 0. The van der Waals surface area contributed by atoms with Gasteiger partial charge in [-0.2, -0.15) is 0 Å². The van der Waals surface area contributed by atoms with Crippen LogP contribution in [0.3, 0.4) is 0 Å². The van der Waals surface area contributed by atoms with E-state index in [0.717, 1.165) is 5.69 Å². The van der Waals surface area contributed by atoms with E-state index in [4.69, 9.17) is 21.1 Å². The fourth-order valence-corrected chi connectivity index (χ4v) is 2.37. The first-order valence-corrected chi connectivity index (χ1v) is 8.27. The second kappa shape index (κ2) is 8.37. The standard InChI is InChI=1S/C19H16ClN3O4/c1-25-16(19(24)26-2)12-13-4-3-10-21-18(13)27-17-9-11-23(22-17)15-7-5-14(20)6-8-15/h3-12H,1-2H3. The largest absolute Gasteiger partial charge is 0.490 e. The number of carbonyl (C=O) groups is 1. The highest BCUT2D eigenvalue weighted by atomic mass is 35.5. The molecule has 1 aromatic carbocycles. The van der Waals surface area contributed by atoms with Crippen LogP contribution < -0.4 is 4.74 Å². The van der Waals surface area contributed by atoms with Crippen molar-refractivity contribution in [1.29, 1.82) is 0 Å². The molecule has 3 rings (SSSR count). The van der Waals surface area contributed by atoms with Gasteiger partial charge in [0.25, 0.3) is 0 Å². The maximum atomic E-state index is 11.7. The smallest absolute Gasteiger partial charge is 0.373 e. The third kappa shape index (κ3) is 4.45. The van der Waals surface area contributed by atoms with E-state index in [1.54, 1.807) is 47.4 Å². The van der Waals surface area contributed by atoms with Gasteiger partial charge in [0.15, 0.2) is 0 Å². The fourth-order valence-electron chi connectivity index (χ4n) is 2.24. The van der Waals surface area contributed by atoms with E-state index in [2.05, 4.69) is 14.8 Å². The quantitative estimate of drug-likeness (QED) is 0.364. The monoisotopic (exact) mass is 385 g/mol. The summed E-state index contributed by atoms with van der Waals surface area (Å²) in [6, 6.07) is 12.4. The zero-order chi connectivity index (χ0) is 19.2. The summed E-state index contributed by atoms with van der Waals surface area (Å²) >= 11 is 5.90. The van der Waals surface area contributed by atoms with E-state index in [-0.39, 0.29) is 11.6 Å². The molecular formula is C19H16ClN3O4. The topological polar surface area (TPSA) is 75.5 Å². The Balaban J connectivity index is 1.86. The van der Waals surface area contributed by atoms with Crippen LogP contribution in [0.15, 0.2) is 60.6 Å². The minimum Gasteiger partial charge on any atom is -0.490 e. The summed E-state index contributed by atoms with van der Waals surface area (Å²) in [4.78, 5) is 15.9. The van der Waals surface area contributed by atoms with Gasteiger partial charge in [0.05, 0.1) is 19.9 Å². The highest BCUT2D eigenvalue weighted by Gasteiger charge is 2.13.